The molecule has 2 N–H and O–H groups in total. The predicted octanol–water partition coefficient (Wildman–Crippen LogP) is 1.84. The van der Waals surface area contributed by atoms with Gasteiger partial charge in [-0.3, -0.25) is 4.79 Å². The molecule has 3 aliphatic carbocycles. The zero-order valence-electron chi connectivity index (χ0n) is 10.4. The average Bonchev–Trinajstić information content (AvgIpc) is 2.94. The molecule has 0 aromatic rings. The summed E-state index contributed by atoms with van der Waals surface area (Å²) in [6.45, 7) is 0. The van der Waals surface area contributed by atoms with Crippen LogP contribution in [-0.4, -0.2) is 23.2 Å². The van der Waals surface area contributed by atoms with E-state index in [0.29, 0.717) is 23.8 Å². The predicted molar refractivity (Wildman–Crippen MR) is 65.3 cm³/mol. The van der Waals surface area contributed by atoms with Gasteiger partial charge in [0, 0.05) is 12.0 Å². The summed E-state index contributed by atoms with van der Waals surface area (Å²) >= 11 is 0. The van der Waals surface area contributed by atoms with Crippen molar-refractivity contribution in [2.24, 2.45) is 17.8 Å². The van der Waals surface area contributed by atoms with Crippen LogP contribution in [-0.2, 0) is 4.79 Å². The fourth-order valence-electron chi connectivity index (χ4n) is 4.09. The largest absolute Gasteiger partial charge is 0.393 e. The Morgan fingerprint density at radius 1 is 1.00 bits per heavy atom. The zero-order chi connectivity index (χ0) is 11.8. The maximum Gasteiger partial charge on any atom is 0.223 e. The Kier molecular flexibility index (Phi) is 3.12. The second-order valence-electron chi connectivity index (χ2n) is 6.30. The lowest BCUT2D eigenvalue weighted by molar-refractivity contribution is -0.127. The molecule has 3 saturated carbocycles. The molecule has 0 heterocycles. The monoisotopic (exact) mass is 237 g/mol. The molecule has 3 heteroatoms. The number of carbonyl (C=O) groups excluding carboxylic acids is 1. The molecule has 0 aromatic carbocycles. The van der Waals surface area contributed by atoms with Crippen molar-refractivity contribution in [2.75, 3.05) is 0 Å². The second-order valence-corrected chi connectivity index (χ2v) is 6.30. The van der Waals surface area contributed by atoms with Crippen LogP contribution in [0.25, 0.3) is 0 Å². The Morgan fingerprint density at radius 2 is 1.76 bits per heavy atom. The van der Waals surface area contributed by atoms with Crippen molar-refractivity contribution in [3.8, 4) is 0 Å². The summed E-state index contributed by atoms with van der Waals surface area (Å²) in [5, 5.41) is 12.7. The second kappa shape index (κ2) is 4.60. The molecular weight excluding hydrogens is 214 g/mol. The number of hydrogen-bond donors (Lipinski definition) is 2. The number of hydrogen-bond acceptors (Lipinski definition) is 2. The minimum atomic E-state index is -0.134. The lowest BCUT2D eigenvalue weighted by Gasteiger charge is -2.29. The summed E-state index contributed by atoms with van der Waals surface area (Å²) in [5.74, 6) is 2.12. The lowest BCUT2D eigenvalue weighted by atomic mass is 9.87. The number of carbonyl (C=O) groups is 1. The number of amides is 1. The van der Waals surface area contributed by atoms with Crippen LogP contribution in [0.3, 0.4) is 0 Å². The first-order valence-electron chi connectivity index (χ1n) is 7.21. The number of fused-ring (bicyclic) bond motifs is 2. The van der Waals surface area contributed by atoms with Gasteiger partial charge >= 0.3 is 0 Å². The Hall–Kier alpha value is -0.570. The highest BCUT2D eigenvalue weighted by molar-refractivity contribution is 5.79. The molecule has 1 amide bonds. The molecular formula is C14H23NO2. The van der Waals surface area contributed by atoms with Gasteiger partial charge in [-0.2, -0.15) is 0 Å². The highest BCUT2D eigenvalue weighted by atomic mass is 16.3. The molecule has 0 aliphatic heterocycles. The van der Waals surface area contributed by atoms with Gasteiger partial charge in [-0.05, 0) is 56.8 Å². The van der Waals surface area contributed by atoms with Crippen molar-refractivity contribution in [1.29, 1.82) is 0 Å². The van der Waals surface area contributed by atoms with Crippen molar-refractivity contribution >= 4 is 5.91 Å². The normalized spacial score (nSPS) is 44.9. The molecule has 0 radical (unpaired) electrons. The Morgan fingerprint density at radius 3 is 2.35 bits per heavy atom. The molecule has 3 nitrogen and oxygen atoms in total. The van der Waals surface area contributed by atoms with E-state index in [9.17, 15) is 9.90 Å². The van der Waals surface area contributed by atoms with Gasteiger partial charge in [0.15, 0.2) is 0 Å². The molecule has 2 bridgehead atoms. The van der Waals surface area contributed by atoms with Gasteiger partial charge in [-0.15, -0.1) is 0 Å². The van der Waals surface area contributed by atoms with Crippen LogP contribution in [0.5, 0.6) is 0 Å². The summed E-state index contributed by atoms with van der Waals surface area (Å²) < 4.78 is 0. The quantitative estimate of drug-likeness (QED) is 0.770. The van der Waals surface area contributed by atoms with E-state index < -0.39 is 0 Å². The highest BCUT2D eigenvalue weighted by Crippen LogP contribution is 2.48. The highest BCUT2D eigenvalue weighted by Gasteiger charge is 2.43. The minimum Gasteiger partial charge on any atom is -0.393 e. The van der Waals surface area contributed by atoms with E-state index in [2.05, 4.69) is 5.32 Å². The number of aliphatic hydroxyl groups is 1. The first-order valence-corrected chi connectivity index (χ1v) is 7.21. The van der Waals surface area contributed by atoms with Gasteiger partial charge in [0.1, 0.15) is 0 Å². The summed E-state index contributed by atoms with van der Waals surface area (Å²) in [5.41, 5.74) is 0. The van der Waals surface area contributed by atoms with Crippen molar-refractivity contribution in [2.45, 2.75) is 63.5 Å². The van der Waals surface area contributed by atoms with E-state index in [-0.39, 0.29) is 6.10 Å². The average molecular weight is 237 g/mol. The van der Waals surface area contributed by atoms with Gasteiger partial charge in [-0.25, -0.2) is 0 Å². The number of nitrogens with one attached hydrogen (secondary N) is 1. The molecule has 0 spiro atoms. The third kappa shape index (κ3) is 2.35. The topological polar surface area (TPSA) is 49.3 Å². The van der Waals surface area contributed by atoms with Gasteiger partial charge in [0.25, 0.3) is 0 Å². The zero-order valence-corrected chi connectivity index (χ0v) is 10.4. The molecule has 3 fully saturated rings. The smallest absolute Gasteiger partial charge is 0.223 e. The van der Waals surface area contributed by atoms with Gasteiger partial charge in [0.05, 0.1) is 6.10 Å². The summed E-state index contributed by atoms with van der Waals surface area (Å²) in [6.07, 6.45) is 8.51. The SMILES string of the molecule is O=C(NC1CCC(O)CC1)C1CC2CCC1C2. The van der Waals surface area contributed by atoms with Crippen molar-refractivity contribution in [3.63, 3.8) is 0 Å². The van der Waals surface area contributed by atoms with Gasteiger partial charge in [-0.1, -0.05) is 6.42 Å². The third-order valence-corrected chi connectivity index (χ3v) is 5.12. The lowest BCUT2D eigenvalue weighted by Crippen LogP contribution is -2.42. The van der Waals surface area contributed by atoms with Crippen LogP contribution < -0.4 is 5.32 Å². The maximum absolute atomic E-state index is 12.2. The standard InChI is InChI=1S/C14H23NO2/c16-12-5-3-11(4-6-12)15-14(17)13-8-9-1-2-10(13)7-9/h9-13,16H,1-8H2,(H,15,17). The van der Waals surface area contributed by atoms with Crippen LogP contribution in [0.1, 0.15) is 51.4 Å². The Labute approximate surface area is 103 Å². The maximum atomic E-state index is 12.2. The van der Waals surface area contributed by atoms with Gasteiger partial charge in [0.2, 0.25) is 5.91 Å². The molecule has 3 unspecified atom stereocenters. The molecule has 96 valence electrons. The molecule has 17 heavy (non-hydrogen) atoms. The van der Waals surface area contributed by atoms with E-state index in [0.717, 1.165) is 38.0 Å². The van der Waals surface area contributed by atoms with Crippen LogP contribution >= 0.6 is 0 Å². The Bertz CT molecular complexity index is 297. The van der Waals surface area contributed by atoms with Gasteiger partial charge < -0.3 is 10.4 Å². The molecule has 3 atom stereocenters. The van der Waals surface area contributed by atoms with Crippen LogP contribution in [0, 0.1) is 17.8 Å². The molecule has 3 rings (SSSR count). The van der Waals surface area contributed by atoms with E-state index >= 15 is 0 Å². The van der Waals surface area contributed by atoms with Crippen LogP contribution in [0.2, 0.25) is 0 Å². The first kappa shape index (κ1) is 11.5. The summed E-state index contributed by atoms with van der Waals surface area (Å²) in [4.78, 5) is 12.2. The summed E-state index contributed by atoms with van der Waals surface area (Å²) in [6, 6.07) is 0.324. The van der Waals surface area contributed by atoms with Crippen LogP contribution in [0.4, 0.5) is 0 Å². The van der Waals surface area contributed by atoms with E-state index in [1.54, 1.807) is 0 Å². The summed E-state index contributed by atoms with van der Waals surface area (Å²) in [7, 11) is 0. The van der Waals surface area contributed by atoms with Crippen molar-refractivity contribution in [3.05, 3.63) is 0 Å². The van der Waals surface area contributed by atoms with E-state index in [1.165, 1.54) is 19.3 Å². The molecule has 0 aromatic heterocycles. The van der Waals surface area contributed by atoms with E-state index in [4.69, 9.17) is 0 Å². The third-order valence-electron chi connectivity index (χ3n) is 5.12. The number of aliphatic hydroxyl groups excluding tert-OH is 1. The van der Waals surface area contributed by atoms with Crippen molar-refractivity contribution < 1.29 is 9.90 Å². The fraction of sp³-hybridized carbons (Fsp3) is 0.929. The minimum absolute atomic E-state index is 0.134. The van der Waals surface area contributed by atoms with Crippen LogP contribution in [0.15, 0.2) is 0 Å². The Balaban J connectivity index is 1.50. The van der Waals surface area contributed by atoms with E-state index in [1.807, 2.05) is 0 Å². The molecule has 3 aliphatic rings. The molecule has 0 saturated heterocycles. The first-order chi connectivity index (χ1) is 8.22. The number of rotatable bonds is 2. The van der Waals surface area contributed by atoms with Crippen molar-refractivity contribution in [1.82, 2.24) is 5.32 Å². The fourth-order valence-corrected chi connectivity index (χ4v) is 4.09.